The lowest BCUT2D eigenvalue weighted by Crippen LogP contribution is -2.17. The quantitative estimate of drug-likeness (QED) is 0.910. The maximum absolute atomic E-state index is 11.3. The minimum Gasteiger partial charge on any atom is -0.481 e. The van der Waals surface area contributed by atoms with E-state index in [0.717, 1.165) is 12.8 Å². The number of hydrogen-bond acceptors (Lipinski definition) is 4. The molecule has 1 aromatic heterocycles. The van der Waals surface area contributed by atoms with Crippen molar-refractivity contribution in [2.45, 2.75) is 52.9 Å². The Labute approximate surface area is 113 Å². The minimum absolute atomic E-state index is 0.0936. The Morgan fingerprint density at radius 3 is 2.68 bits per heavy atom. The SMILES string of the molecule is CC1CC(C(=O)O)C(c2nc(CC(C)(C)C)no2)C1. The summed E-state index contributed by atoms with van der Waals surface area (Å²) in [6.45, 7) is 8.41. The molecule has 0 radical (unpaired) electrons. The van der Waals surface area contributed by atoms with E-state index in [-0.39, 0.29) is 11.3 Å². The average molecular weight is 266 g/mol. The molecule has 0 amide bonds. The average Bonchev–Trinajstić information content (AvgIpc) is 2.81. The smallest absolute Gasteiger partial charge is 0.307 e. The highest BCUT2D eigenvalue weighted by molar-refractivity contribution is 5.71. The van der Waals surface area contributed by atoms with Crippen LogP contribution in [0.25, 0.3) is 0 Å². The zero-order valence-corrected chi connectivity index (χ0v) is 12.0. The molecule has 2 rings (SSSR count). The number of carbonyl (C=O) groups is 1. The fourth-order valence-corrected chi connectivity index (χ4v) is 2.80. The fraction of sp³-hybridized carbons (Fsp3) is 0.786. The summed E-state index contributed by atoms with van der Waals surface area (Å²) in [5.41, 5.74) is 0.0936. The monoisotopic (exact) mass is 266 g/mol. The van der Waals surface area contributed by atoms with Gasteiger partial charge in [-0.25, -0.2) is 0 Å². The van der Waals surface area contributed by atoms with E-state index < -0.39 is 11.9 Å². The van der Waals surface area contributed by atoms with E-state index in [1.165, 1.54) is 0 Å². The standard InChI is InChI=1S/C14H22N2O3/c1-8-5-9(10(6-8)13(17)18)12-15-11(16-19-12)7-14(2,3)4/h8-10H,5-7H2,1-4H3,(H,17,18). The highest BCUT2D eigenvalue weighted by atomic mass is 16.5. The van der Waals surface area contributed by atoms with Gasteiger partial charge in [0, 0.05) is 6.42 Å². The van der Waals surface area contributed by atoms with Crippen LogP contribution in [0.1, 0.15) is 58.2 Å². The van der Waals surface area contributed by atoms with Crippen molar-refractivity contribution in [3.05, 3.63) is 11.7 Å². The molecule has 0 spiro atoms. The van der Waals surface area contributed by atoms with Crippen LogP contribution in [0.2, 0.25) is 0 Å². The molecular weight excluding hydrogens is 244 g/mol. The number of hydrogen-bond donors (Lipinski definition) is 1. The van der Waals surface area contributed by atoms with Crippen LogP contribution in [0.15, 0.2) is 4.52 Å². The molecule has 5 heteroatoms. The Kier molecular flexibility index (Phi) is 3.65. The molecule has 1 fully saturated rings. The Hall–Kier alpha value is -1.39. The summed E-state index contributed by atoms with van der Waals surface area (Å²) in [7, 11) is 0. The van der Waals surface area contributed by atoms with Crippen LogP contribution >= 0.6 is 0 Å². The van der Waals surface area contributed by atoms with Crippen molar-refractivity contribution in [3.8, 4) is 0 Å². The summed E-state index contributed by atoms with van der Waals surface area (Å²) in [6, 6.07) is 0. The summed E-state index contributed by atoms with van der Waals surface area (Å²) in [5.74, 6) is 0.280. The van der Waals surface area contributed by atoms with Gasteiger partial charge in [-0.2, -0.15) is 4.98 Å². The van der Waals surface area contributed by atoms with E-state index in [4.69, 9.17) is 4.52 Å². The van der Waals surface area contributed by atoms with Crippen LogP contribution in [0, 0.1) is 17.3 Å². The first-order valence-electron chi connectivity index (χ1n) is 6.81. The lowest BCUT2D eigenvalue weighted by atomic mass is 9.92. The number of nitrogens with zero attached hydrogens (tertiary/aromatic N) is 2. The molecule has 0 saturated heterocycles. The Bertz CT molecular complexity index is 462. The molecular formula is C14H22N2O3. The second-order valence-electron chi connectivity index (χ2n) is 6.91. The van der Waals surface area contributed by atoms with Gasteiger partial charge in [0.05, 0.1) is 11.8 Å². The van der Waals surface area contributed by atoms with Crippen molar-refractivity contribution in [1.82, 2.24) is 10.1 Å². The third-order valence-electron chi connectivity index (χ3n) is 3.60. The predicted molar refractivity (Wildman–Crippen MR) is 69.7 cm³/mol. The maximum atomic E-state index is 11.3. The molecule has 0 aromatic carbocycles. The number of carboxylic acids is 1. The van der Waals surface area contributed by atoms with Crippen LogP contribution in [0.5, 0.6) is 0 Å². The second-order valence-corrected chi connectivity index (χ2v) is 6.91. The maximum Gasteiger partial charge on any atom is 0.307 e. The van der Waals surface area contributed by atoms with E-state index in [9.17, 15) is 9.90 Å². The topological polar surface area (TPSA) is 76.2 Å². The van der Waals surface area contributed by atoms with Crippen LogP contribution in [-0.4, -0.2) is 21.2 Å². The van der Waals surface area contributed by atoms with Crippen LogP contribution in [0.3, 0.4) is 0 Å². The molecule has 0 aliphatic heterocycles. The van der Waals surface area contributed by atoms with Crippen molar-refractivity contribution in [3.63, 3.8) is 0 Å². The summed E-state index contributed by atoms with van der Waals surface area (Å²) in [4.78, 5) is 15.7. The zero-order chi connectivity index (χ0) is 14.2. The lowest BCUT2D eigenvalue weighted by Gasteiger charge is -2.14. The molecule has 0 bridgehead atoms. The van der Waals surface area contributed by atoms with Gasteiger partial charge in [0.25, 0.3) is 0 Å². The highest BCUT2D eigenvalue weighted by Crippen LogP contribution is 2.42. The van der Waals surface area contributed by atoms with Crippen molar-refractivity contribution in [2.75, 3.05) is 0 Å². The predicted octanol–water partition coefficient (Wildman–Crippen LogP) is 2.87. The first-order valence-corrected chi connectivity index (χ1v) is 6.81. The van der Waals surface area contributed by atoms with Gasteiger partial charge in [-0.05, 0) is 24.2 Å². The molecule has 3 atom stereocenters. The minimum atomic E-state index is -0.759. The van der Waals surface area contributed by atoms with Crippen molar-refractivity contribution < 1.29 is 14.4 Å². The Morgan fingerprint density at radius 2 is 2.11 bits per heavy atom. The van der Waals surface area contributed by atoms with Gasteiger partial charge in [-0.15, -0.1) is 0 Å². The third kappa shape index (κ3) is 3.33. The number of aliphatic carboxylic acids is 1. The molecule has 106 valence electrons. The first-order chi connectivity index (χ1) is 8.76. The van der Waals surface area contributed by atoms with Gasteiger partial charge in [-0.1, -0.05) is 32.9 Å². The van der Waals surface area contributed by atoms with E-state index in [2.05, 4.69) is 37.8 Å². The van der Waals surface area contributed by atoms with Gasteiger partial charge in [0.15, 0.2) is 5.82 Å². The van der Waals surface area contributed by atoms with Crippen LogP contribution in [0.4, 0.5) is 0 Å². The molecule has 1 N–H and O–H groups in total. The number of aromatic nitrogens is 2. The number of rotatable bonds is 3. The van der Waals surface area contributed by atoms with E-state index in [0.29, 0.717) is 24.1 Å². The molecule has 1 aliphatic rings. The normalized spacial score (nSPS) is 27.7. The number of carboxylic acid groups (broad SMARTS) is 1. The Balaban J connectivity index is 2.15. The summed E-state index contributed by atoms with van der Waals surface area (Å²) >= 11 is 0. The van der Waals surface area contributed by atoms with E-state index in [1.807, 2.05) is 0 Å². The van der Waals surface area contributed by atoms with Gasteiger partial charge < -0.3 is 9.63 Å². The van der Waals surface area contributed by atoms with Crippen molar-refractivity contribution in [1.29, 1.82) is 0 Å². The molecule has 19 heavy (non-hydrogen) atoms. The Morgan fingerprint density at radius 1 is 1.42 bits per heavy atom. The van der Waals surface area contributed by atoms with Gasteiger partial charge >= 0.3 is 5.97 Å². The molecule has 1 aromatic rings. The van der Waals surface area contributed by atoms with Gasteiger partial charge in [-0.3, -0.25) is 4.79 Å². The van der Waals surface area contributed by atoms with Crippen molar-refractivity contribution in [2.24, 2.45) is 17.3 Å². The van der Waals surface area contributed by atoms with Gasteiger partial charge in [0.2, 0.25) is 5.89 Å². The zero-order valence-electron chi connectivity index (χ0n) is 12.0. The largest absolute Gasteiger partial charge is 0.481 e. The summed E-state index contributed by atoms with van der Waals surface area (Å²) in [5, 5.41) is 13.3. The first kappa shape index (κ1) is 14.0. The molecule has 1 aliphatic carbocycles. The van der Waals surface area contributed by atoms with Crippen LogP contribution < -0.4 is 0 Å². The molecule has 3 unspecified atom stereocenters. The molecule has 1 saturated carbocycles. The van der Waals surface area contributed by atoms with Crippen LogP contribution in [-0.2, 0) is 11.2 Å². The highest BCUT2D eigenvalue weighted by Gasteiger charge is 2.41. The third-order valence-corrected chi connectivity index (χ3v) is 3.60. The van der Waals surface area contributed by atoms with E-state index in [1.54, 1.807) is 0 Å². The van der Waals surface area contributed by atoms with Gasteiger partial charge in [0.1, 0.15) is 0 Å². The summed E-state index contributed by atoms with van der Waals surface area (Å²) in [6.07, 6.45) is 2.24. The van der Waals surface area contributed by atoms with Crippen molar-refractivity contribution >= 4 is 5.97 Å². The lowest BCUT2D eigenvalue weighted by molar-refractivity contribution is -0.142. The fourth-order valence-electron chi connectivity index (χ4n) is 2.80. The second kappa shape index (κ2) is 4.94. The summed E-state index contributed by atoms with van der Waals surface area (Å²) < 4.78 is 5.30. The van der Waals surface area contributed by atoms with E-state index >= 15 is 0 Å². The molecule has 5 nitrogen and oxygen atoms in total. The molecule has 1 heterocycles.